The first-order valence-corrected chi connectivity index (χ1v) is 7.34. The summed E-state index contributed by atoms with van der Waals surface area (Å²) >= 11 is 8.23. The quantitative estimate of drug-likeness (QED) is 0.716. The summed E-state index contributed by atoms with van der Waals surface area (Å²) in [5, 5.41) is 2.29. The van der Waals surface area contributed by atoms with Gasteiger partial charge in [0.2, 0.25) is 0 Å². The van der Waals surface area contributed by atoms with Crippen molar-refractivity contribution < 1.29 is 0 Å². The Hall–Kier alpha value is -0.540. The van der Waals surface area contributed by atoms with Crippen molar-refractivity contribution in [3.63, 3.8) is 0 Å². The van der Waals surface area contributed by atoms with Crippen molar-refractivity contribution in [1.82, 2.24) is 4.90 Å². The summed E-state index contributed by atoms with van der Waals surface area (Å²) in [6, 6.07) is 4.18. The highest BCUT2D eigenvalue weighted by atomic mass is 35.5. The molecule has 0 unspecified atom stereocenters. The fourth-order valence-electron chi connectivity index (χ4n) is 2.69. The van der Waals surface area contributed by atoms with Crippen molar-refractivity contribution in [2.45, 2.75) is 19.9 Å². The van der Waals surface area contributed by atoms with Gasteiger partial charge in [0.25, 0.3) is 0 Å². The smallest absolute Gasteiger partial charge is 0.0445 e. The fourth-order valence-corrected chi connectivity index (χ4v) is 4.11. The maximum atomic E-state index is 6.38. The van der Waals surface area contributed by atoms with Gasteiger partial charge in [-0.05, 0) is 49.2 Å². The van der Waals surface area contributed by atoms with Crippen LogP contribution in [0.15, 0.2) is 18.7 Å². The van der Waals surface area contributed by atoms with E-state index in [0.717, 1.165) is 30.1 Å². The topological polar surface area (TPSA) is 3.24 Å². The molecule has 0 N–H and O–H groups in total. The third-order valence-corrected chi connectivity index (χ3v) is 5.28. The third kappa shape index (κ3) is 2.43. The number of hydrogen-bond donors (Lipinski definition) is 0. The van der Waals surface area contributed by atoms with E-state index in [9.17, 15) is 0 Å². The first-order valence-electron chi connectivity index (χ1n) is 6.15. The lowest BCUT2D eigenvalue weighted by atomic mass is 10.0. The average Bonchev–Trinajstić information content (AvgIpc) is 2.57. The van der Waals surface area contributed by atoms with Crippen molar-refractivity contribution >= 4 is 51.0 Å². The predicted octanol–water partition coefficient (Wildman–Crippen LogP) is 5.00. The van der Waals surface area contributed by atoms with Crippen molar-refractivity contribution in [1.29, 1.82) is 0 Å². The van der Waals surface area contributed by atoms with Gasteiger partial charge in [0.1, 0.15) is 0 Å². The van der Waals surface area contributed by atoms with Gasteiger partial charge >= 0.3 is 0 Å². The van der Waals surface area contributed by atoms with E-state index in [2.05, 4.69) is 31.5 Å². The van der Waals surface area contributed by atoms with E-state index in [0.29, 0.717) is 0 Å². The van der Waals surface area contributed by atoms with Crippen LogP contribution in [0.2, 0.25) is 5.02 Å². The van der Waals surface area contributed by atoms with Gasteiger partial charge in [-0.25, -0.2) is 0 Å². The van der Waals surface area contributed by atoms with Crippen LogP contribution in [0.5, 0.6) is 0 Å². The number of allylic oxidation sites excluding steroid dienone is 1. The summed E-state index contributed by atoms with van der Waals surface area (Å²) in [7, 11) is 2.17. The molecule has 4 heteroatoms. The summed E-state index contributed by atoms with van der Waals surface area (Å²) in [5.41, 5.74) is 3.89. The normalized spacial score (nSPS) is 15.1. The molecule has 1 aromatic heterocycles. The Bertz CT molecular complexity index is 645. The molecule has 0 aliphatic carbocycles. The number of halogens is 2. The molecule has 19 heavy (non-hydrogen) atoms. The highest BCUT2D eigenvalue weighted by molar-refractivity contribution is 7.20. The molecule has 0 amide bonds. The van der Waals surface area contributed by atoms with Crippen LogP contribution in [-0.4, -0.2) is 18.5 Å². The van der Waals surface area contributed by atoms with E-state index in [-0.39, 0.29) is 12.4 Å². The van der Waals surface area contributed by atoms with E-state index in [1.165, 1.54) is 26.1 Å². The molecule has 102 valence electrons. The lowest BCUT2D eigenvalue weighted by Gasteiger charge is -2.13. The van der Waals surface area contributed by atoms with Crippen LogP contribution in [0.3, 0.4) is 0 Å². The summed E-state index contributed by atoms with van der Waals surface area (Å²) in [5.74, 6) is 0. The zero-order chi connectivity index (χ0) is 12.9. The minimum absolute atomic E-state index is 0. The van der Waals surface area contributed by atoms with Crippen molar-refractivity contribution in [3.8, 4) is 0 Å². The summed E-state index contributed by atoms with van der Waals surface area (Å²) in [4.78, 5) is 3.70. The molecule has 0 fully saturated rings. The molecule has 1 nitrogen and oxygen atoms in total. The molecule has 1 aliphatic heterocycles. The molecule has 2 aromatic rings. The number of likely N-dealkylation sites (N-methyl/N-ethyl adjacent to an activating group) is 1. The van der Waals surface area contributed by atoms with Crippen molar-refractivity contribution in [2.75, 3.05) is 13.6 Å². The van der Waals surface area contributed by atoms with Gasteiger partial charge in [-0.2, -0.15) is 0 Å². The second-order valence-corrected chi connectivity index (χ2v) is 6.54. The Morgan fingerprint density at radius 1 is 1.37 bits per heavy atom. The van der Waals surface area contributed by atoms with Gasteiger partial charge in [0.15, 0.2) is 0 Å². The zero-order valence-corrected chi connectivity index (χ0v) is 13.5. The second-order valence-electron chi connectivity index (χ2n) is 5.08. The molecular formula is C15H17Cl2NS. The van der Waals surface area contributed by atoms with Gasteiger partial charge in [0.05, 0.1) is 0 Å². The van der Waals surface area contributed by atoms with Gasteiger partial charge < -0.3 is 4.90 Å². The SMILES string of the molecule is C=C(C)c1sc2ccc(Cl)c3c2c1CN(C)CC3.Cl. The molecule has 0 radical (unpaired) electrons. The lowest BCUT2D eigenvalue weighted by Crippen LogP contribution is -2.18. The maximum Gasteiger partial charge on any atom is 0.0445 e. The van der Waals surface area contributed by atoms with E-state index in [1.807, 2.05) is 17.4 Å². The van der Waals surface area contributed by atoms with Gasteiger partial charge in [-0.3, -0.25) is 0 Å². The standard InChI is InChI=1S/C15H16ClNS.ClH/c1-9(2)15-11-8-17(3)7-6-10-12(16)4-5-13(18-15)14(10)11;/h4-5H,1,6-8H2,2-3H3;1H. The largest absolute Gasteiger partial charge is 0.302 e. The molecule has 0 bridgehead atoms. The average molecular weight is 314 g/mol. The monoisotopic (exact) mass is 313 g/mol. The van der Waals surface area contributed by atoms with Crippen LogP contribution in [-0.2, 0) is 13.0 Å². The first kappa shape index (κ1) is 14.9. The predicted molar refractivity (Wildman–Crippen MR) is 88.8 cm³/mol. The molecule has 2 heterocycles. The Balaban J connectivity index is 0.00000133. The van der Waals surface area contributed by atoms with Crippen molar-refractivity contribution in [2.24, 2.45) is 0 Å². The molecule has 1 aliphatic rings. The lowest BCUT2D eigenvalue weighted by molar-refractivity contribution is 0.337. The van der Waals surface area contributed by atoms with Crippen LogP contribution in [0.4, 0.5) is 0 Å². The van der Waals surface area contributed by atoms with E-state index >= 15 is 0 Å². The summed E-state index contributed by atoms with van der Waals surface area (Å²) in [6.07, 6.45) is 1.03. The Kier molecular flexibility index (Phi) is 4.26. The van der Waals surface area contributed by atoms with E-state index < -0.39 is 0 Å². The number of nitrogens with zero attached hydrogens (tertiary/aromatic N) is 1. The maximum absolute atomic E-state index is 6.38. The van der Waals surface area contributed by atoms with Crippen LogP contribution in [0.1, 0.15) is 22.9 Å². The highest BCUT2D eigenvalue weighted by Crippen LogP contribution is 2.41. The fraction of sp³-hybridized carbons (Fsp3) is 0.333. The minimum Gasteiger partial charge on any atom is -0.302 e. The third-order valence-electron chi connectivity index (χ3n) is 3.56. The molecule has 3 rings (SSSR count). The molecular weight excluding hydrogens is 297 g/mol. The summed E-state index contributed by atoms with van der Waals surface area (Å²) in [6.45, 7) is 8.27. The molecule has 0 saturated heterocycles. The number of thiophene rings is 1. The van der Waals surface area contributed by atoms with E-state index in [1.54, 1.807) is 0 Å². The van der Waals surface area contributed by atoms with Crippen LogP contribution >= 0.6 is 35.3 Å². The Morgan fingerprint density at radius 2 is 2.11 bits per heavy atom. The van der Waals surface area contributed by atoms with Gasteiger partial charge in [-0.15, -0.1) is 23.7 Å². The summed E-state index contributed by atoms with van der Waals surface area (Å²) < 4.78 is 1.35. The van der Waals surface area contributed by atoms with Crippen LogP contribution in [0, 0.1) is 0 Å². The highest BCUT2D eigenvalue weighted by Gasteiger charge is 2.21. The van der Waals surface area contributed by atoms with Crippen LogP contribution in [0.25, 0.3) is 15.7 Å². The number of hydrogen-bond acceptors (Lipinski definition) is 2. The molecule has 1 aromatic carbocycles. The minimum atomic E-state index is 0. The second kappa shape index (κ2) is 5.45. The molecule has 0 spiro atoms. The van der Waals surface area contributed by atoms with Gasteiger partial charge in [0, 0.05) is 33.1 Å². The number of rotatable bonds is 1. The Labute approximate surface area is 129 Å². The van der Waals surface area contributed by atoms with Crippen molar-refractivity contribution in [3.05, 3.63) is 39.7 Å². The molecule has 0 saturated carbocycles. The van der Waals surface area contributed by atoms with Crippen LogP contribution < -0.4 is 0 Å². The van der Waals surface area contributed by atoms with Gasteiger partial charge in [-0.1, -0.05) is 18.2 Å². The Morgan fingerprint density at radius 3 is 2.79 bits per heavy atom. The van der Waals surface area contributed by atoms with E-state index in [4.69, 9.17) is 11.6 Å². The molecule has 0 atom stereocenters. The number of benzene rings is 1. The zero-order valence-electron chi connectivity index (χ0n) is 11.1. The first-order chi connectivity index (χ1) is 8.58.